The lowest BCUT2D eigenvalue weighted by atomic mass is 10.4. The van der Waals surface area contributed by atoms with Gasteiger partial charge in [-0.1, -0.05) is 24.3 Å². The predicted molar refractivity (Wildman–Crippen MR) is 80.9 cm³/mol. The first-order chi connectivity index (χ1) is 10.1. The normalized spacial score (nSPS) is 12.5. The van der Waals surface area contributed by atoms with Gasteiger partial charge in [0.05, 0.1) is 9.79 Å². The maximum Gasteiger partial charge on any atom is 0.124 e. The first kappa shape index (κ1) is 17.1. The highest BCUT2D eigenvalue weighted by atomic mass is 32.2. The Balaban J connectivity index is 2.47. The summed E-state index contributed by atoms with van der Waals surface area (Å²) < 4.78 is 66.4. The molecule has 118 valence electrons. The number of hydrogen-bond acceptors (Lipinski definition) is 6. The molecule has 0 fully saturated rings. The first-order valence-corrected chi connectivity index (χ1v) is 10.6. The fraction of sp³-hybridized carbons (Fsp3) is 0.0769. The second-order valence-corrected chi connectivity index (χ2v) is 9.37. The summed E-state index contributed by atoms with van der Waals surface area (Å²) in [6.07, 6.45) is 0. The summed E-state index contributed by atoms with van der Waals surface area (Å²) in [6, 6.07) is 11.2. The highest BCUT2D eigenvalue weighted by Gasteiger charge is 2.12. The third kappa shape index (κ3) is 3.91. The molecule has 0 saturated carbocycles. The van der Waals surface area contributed by atoms with Gasteiger partial charge >= 0.3 is 0 Å². The van der Waals surface area contributed by atoms with Crippen molar-refractivity contribution in [2.45, 2.75) is 9.79 Å². The van der Waals surface area contributed by atoms with E-state index in [0.29, 0.717) is 10.6 Å². The van der Waals surface area contributed by atoms with Gasteiger partial charge in [0.1, 0.15) is 20.2 Å². The maximum absolute atomic E-state index is 11.1. The van der Waals surface area contributed by atoms with Gasteiger partial charge in [-0.05, 0) is 49.5 Å². The Hall–Kier alpha value is -1.31. The van der Waals surface area contributed by atoms with Gasteiger partial charge in [-0.25, -0.2) is 16.8 Å². The van der Waals surface area contributed by atoms with E-state index in [4.69, 9.17) is 0 Å². The Bertz CT molecular complexity index is 830. The molecule has 0 unspecified atom stereocenters. The lowest BCUT2D eigenvalue weighted by molar-refractivity contribution is 0.461. The highest BCUT2D eigenvalue weighted by Crippen LogP contribution is 2.30. The lowest BCUT2D eigenvalue weighted by Crippen LogP contribution is -2.14. The minimum Gasteiger partial charge on any atom is -0.744 e. The van der Waals surface area contributed by atoms with Gasteiger partial charge in [-0.2, -0.15) is 0 Å². The zero-order chi connectivity index (χ0) is 16.5. The Morgan fingerprint density at radius 2 is 1.14 bits per heavy atom. The second-order valence-electron chi connectivity index (χ2n) is 4.46. The van der Waals surface area contributed by atoms with E-state index in [1.165, 1.54) is 36.4 Å². The van der Waals surface area contributed by atoms with Gasteiger partial charge in [-0.15, -0.1) is 0 Å². The summed E-state index contributed by atoms with van der Waals surface area (Å²) in [5.41, 5.74) is 0. The summed E-state index contributed by atoms with van der Waals surface area (Å²) in [5, 5.41) is 1.18. The van der Waals surface area contributed by atoms with Crippen molar-refractivity contribution in [2.24, 2.45) is 0 Å². The molecule has 2 rings (SSSR count). The molecule has 9 heteroatoms. The third-order valence-electron chi connectivity index (χ3n) is 2.99. The Morgan fingerprint density at radius 3 is 1.45 bits per heavy atom. The van der Waals surface area contributed by atoms with Crippen molar-refractivity contribution in [3.63, 3.8) is 0 Å². The van der Waals surface area contributed by atoms with Crippen LogP contribution in [0.4, 0.5) is 0 Å². The molecule has 2 aromatic rings. The molecule has 0 N–H and O–H groups in total. The van der Waals surface area contributed by atoms with E-state index >= 15 is 0 Å². The van der Waals surface area contributed by atoms with Gasteiger partial charge in [-0.3, -0.25) is 0 Å². The monoisotopic (exact) mass is 358 g/mol. The predicted octanol–water partition coefficient (Wildman–Crippen LogP) is 0.557. The van der Waals surface area contributed by atoms with Crippen LogP contribution in [0.5, 0.6) is 0 Å². The average Bonchev–Trinajstić information content (AvgIpc) is 2.45. The molecule has 0 aromatic heterocycles. The molecule has 6 nitrogen and oxygen atoms in total. The van der Waals surface area contributed by atoms with Crippen LogP contribution in [0.1, 0.15) is 0 Å². The molecule has 2 aromatic carbocycles. The van der Waals surface area contributed by atoms with Crippen LogP contribution < -0.4 is 10.6 Å². The van der Waals surface area contributed by atoms with Crippen molar-refractivity contribution in [2.75, 3.05) is 6.66 Å². The van der Waals surface area contributed by atoms with Crippen molar-refractivity contribution < 1.29 is 25.9 Å². The molecule has 0 atom stereocenters. The van der Waals surface area contributed by atoms with Gasteiger partial charge < -0.3 is 9.11 Å². The van der Waals surface area contributed by atoms with Crippen molar-refractivity contribution in [1.29, 1.82) is 0 Å². The van der Waals surface area contributed by atoms with Crippen molar-refractivity contribution in [3.8, 4) is 0 Å². The van der Waals surface area contributed by atoms with Crippen molar-refractivity contribution in [1.82, 2.24) is 0 Å². The van der Waals surface area contributed by atoms with Gasteiger partial charge in [0, 0.05) is 0 Å². The SMILES string of the molecule is CP(c1cccc(S(=O)(=O)[O-])c1)c1cccc(S(=O)(=O)[O-])c1. The van der Waals surface area contributed by atoms with Crippen molar-refractivity contribution >= 4 is 38.8 Å². The summed E-state index contributed by atoms with van der Waals surface area (Å²) in [5.74, 6) is 0. The Kier molecular flexibility index (Phi) is 4.70. The van der Waals surface area contributed by atoms with E-state index in [1.54, 1.807) is 18.8 Å². The van der Waals surface area contributed by atoms with Gasteiger partial charge in [0.15, 0.2) is 0 Å². The topological polar surface area (TPSA) is 114 Å². The zero-order valence-corrected chi connectivity index (χ0v) is 13.9. The first-order valence-electron chi connectivity index (χ1n) is 5.95. The van der Waals surface area contributed by atoms with Crippen LogP contribution in [-0.4, -0.2) is 32.6 Å². The molecular weight excluding hydrogens is 347 g/mol. The van der Waals surface area contributed by atoms with E-state index in [1.807, 2.05) is 0 Å². The van der Waals surface area contributed by atoms with E-state index in [2.05, 4.69) is 0 Å². The minimum absolute atomic E-state index is 0.341. The number of hydrogen-bond donors (Lipinski definition) is 0. The molecule has 0 radical (unpaired) electrons. The van der Waals surface area contributed by atoms with Crippen LogP contribution in [0, 0.1) is 0 Å². The second kappa shape index (κ2) is 6.06. The molecule has 0 aliphatic heterocycles. The van der Waals surface area contributed by atoms with Crippen LogP contribution in [-0.2, 0) is 20.2 Å². The number of rotatable bonds is 4. The fourth-order valence-corrected chi connectivity index (χ4v) is 4.64. The van der Waals surface area contributed by atoms with E-state index in [9.17, 15) is 25.9 Å². The molecule has 0 bridgehead atoms. The van der Waals surface area contributed by atoms with Crippen molar-refractivity contribution in [3.05, 3.63) is 48.5 Å². The molecular formula is C13H11O6PS2-2. The largest absolute Gasteiger partial charge is 0.744 e. The van der Waals surface area contributed by atoms with Crippen LogP contribution >= 0.6 is 7.92 Å². The molecule has 0 heterocycles. The van der Waals surface area contributed by atoms with E-state index in [0.717, 1.165) is 0 Å². The summed E-state index contributed by atoms with van der Waals surface area (Å²) >= 11 is 0. The Morgan fingerprint density at radius 1 is 0.773 bits per heavy atom. The maximum atomic E-state index is 11.1. The number of benzene rings is 2. The van der Waals surface area contributed by atoms with E-state index < -0.39 is 28.2 Å². The smallest absolute Gasteiger partial charge is 0.124 e. The van der Waals surface area contributed by atoms with E-state index in [-0.39, 0.29) is 9.79 Å². The lowest BCUT2D eigenvalue weighted by Gasteiger charge is -2.17. The standard InChI is InChI=1S/C13H13O6PS2/c1-20(10-4-2-6-12(8-10)21(14,15)16)11-5-3-7-13(9-11)22(17,18)19/h2-9H,1H3,(H,14,15,16)(H,17,18,19)/p-2. The van der Waals surface area contributed by atoms with Crippen LogP contribution in [0.2, 0.25) is 0 Å². The Labute approximate surface area is 130 Å². The molecule has 0 saturated heterocycles. The quantitative estimate of drug-likeness (QED) is 0.583. The average molecular weight is 358 g/mol. The summed E-state index contributed by atoms with van der Waals surface area (Å²) in [7, 11) is -10.2. The summed E-state index contributed by atoms with van der Waals surface area (Å²) in [6.45, 7) is 1.78. The molecule has 0 amide bonds. The molecule has 0 aliphatic carbocycles. The van der Waals surface area contributed by atoms with Crippen LogP contribution in [0.3, 0.4) is 0 Å². The van der Waals surface area contributed by atoms with Gasteiger partial charge in [0.25, 0.3) is 0 Å². The molecule has 0 aliphatic rings. The van der Waals surface area contributed by atoms with Gasteiger partial charge in [0.2, 0.25) is 0 Å². The van der Waals surface area contributed by atoms with Crippen LogP contribution in [0.15, 0.2) is 58.3 Å². The summed E-state index contributed by atoms with van der Waals surface area (Å²) in [4.78, 5) is -0.682. The van der Waals surface area contributed by atoms with Crippen LogP contribution in [0.25, 0.3) is 0 Å². The highest BCUT2D eigenvalue weighted by molar-refractivity contribution is 7.86. The fourth-order valence-electron chi connectivity index (χ4n) is 1.84. The molecule has 22 heavy (non-hydrogen) atoms. The zero-order valence-electron chi connectivity index (χ0n) is 11.3. The molecule has 0 spiro atoms. The minimum atomic E-state index is -4.56. The third-order valence-corrected chi connectivity index (χ3v) is 6.76.